The Bertz CT molecular complexity index is 588. The van der Waals surface area contributed by atoms with Crippen molar-refractivity contribution in [3.8, 4) is 0 Å². The van der Waals surface area contributed by atoms with Gasteiger partial charge in [0.2, 0.25) is 0 Å². The number of alkyl halides is 1. The van der Waals surface area contributed by atoms with Crippen LogP contribution in [0.3, 0.4) is 0 Å². The molecule has 0 radical (unpaired) electrons. The van der Waals surface area contributed by atoms with Crippen LogP contribution in [0.15, 0.2) is 16.6 Å². The summed E-state index contributed by atoms with van der Waals surface area (Å²) >= 11 is 9.05. The average molecular weight is 364 g/mol. The van der Waals surface area contributed by atoms with Crippen LogP contribution in [-0.2, 0) is 17.7 Å². The van der Waals surface area contributed by atoms with Gasteiger partial charge in [-0.15, -0.1) is 11.6 Å². The van der Waals surface area contributed by atoms with Gasteiger partial charge in [0.15, 0.2) is 0 Å². The third-order valence-corrected chi connectivity index (χ3v) is 3.86. The lowest BCUT2D eigenvalue weighted by atomic mass is 10.3. The number of ether oxygens (including phenoxy) is 1. The largest absolute Gasteiger partial charge is 0.382 e. The van der Waals surface area contributed by atoms with Crippen molar-refractivity contribution in [3.05, 3.63) is 28.2 Å². The van der Waals surface area contributed by atoms with Gasteiger partial charge >= 0.3 is 0 Å². The number of hydrogen-bond donors (Lipinski definition) is 0. The fourth-order valence-corrected chi connectivity index (χ4v) is 2.66. The van der Waals surface area contributed by atoms with Crippen LogP contribution < -0.4 is 0 Å². The Kier molecular flexibility index (Phi) is 5.81. The van der Waals surface area contributed by atoms with Crippen molar-refractivity contribution in [1.82, 2.24) is 9.55 Å². The van der Waals surface area contributed by atoms with Gasteiger partial charge in [-0.1, -0.05) is 0 Å². The van der Waals surface area contributed by atoms with Crippen LogP contribution >= 0.6 is 27.5 Å². The molecule has 0 aliphatic heterocycles. The number of imidazole rings is 1. The van der Waals surface area contributed by atoms with Crippen molar-refractivity contribution in [3.63, 3.8) is 0 Å². The zero-order valence-electron chi connectivity index (χ0n) is 11.3. The summed E-state index contributed by atoms with van der Waals surface area (Å²) in [5, 5.41) is 0. The van der Waals surface area contributed by atoms with Crippen LogP contribution in [0.5, 0.6) is 0 Å². The van der Waals surface area contributed by atoms with Gasteiger partial charge in [-0.25, -0.2) is 9.37 Å². The first-order chi connectivity index (χ1) is 9.67. The Morgan fingerprint density at radius 3 is 2.95 bits per heavy atom. The van der Waals surface area contributed by atoms with Gasteiger partial charge in [-0.2, -0.15) is 0 Å². The summed E-state index contributed by atoms with van der Waals surface area (Å²) in [6.07, 6.45) is 1.56. The highest BCUT2D eigenvalue weighted by molar-refractivity contribution is 9.10. The molecule has 0 aliphatic rings. The number of fused-ring (bicyclic) bond motifs is 1. The number of benzene rings is 1. The first-order valence-electron chi connectivity index (χ1n) is 6.65. The van der Waals surface area contributed by atoms with E-state index in [1.54, 1.807) is 6.07 Å². The predicted molar refractivity (Wildman–Crippen MR) is 82.9 cm³/mol. The van der Waals surface area contributed by atoms with E-state index in [0.717, 1.165) is 30.9 Å². The first kappa shape index (κ1) is 15.7. The zero-order valence-corrected chi connectivity index (χ0v) is 13.7. The Labute approximate surface area is 131 Å². The fourth-order valence-electron chi connectivity index (χ4n) is 2.16. The molecule has 0 atom stereocenters. The summed E-state index contributed by atoms with van der Waals surface area (Å²) in [4.78, 5) is 4.48. The highest BCUT2D eigenvalue weighted by Crippen LogP contribution is 2.25. The number of hydrogen-bond acceptors (Lipinski definition) is 2. The standard InChI is InChI=1S/C14H17BrClFN2O/c1-2-20-7-3-6-19-13-8-10(15)11(17)9-12(13)18-14(19)4-5-16/h8-9H,2-7H2,1H3. The van der Waals surface area contributed by atoms with Crippen LogP contribution in [0.4, 0.5) is 4.39 Å². The predicted octanol–water partition coefficient (Wildman–Crippen LogP) is 4.15. The summed E-state index contributed by atoms with van der Waals surface area (Å²) in [6, 6.07) is 3.23. The van der Waals surface area contributed by atoms with Crippen LogP contribution in [-0.4, -0.2) is 28.6 Å². The monoisotopic (exact) mass is 362 g/mol. The maximum Gasteiger partial charge on any atom is 0.139 e. The smallest absolute Gasteiger partial charge is 0.139 e. The van der Waals surface area contributed by atoms with Crippen molar-refractivity contribution >= 4 is 38.6 Å². The molecule has 0 saturated carbocycles. The lowest BCUT2D eigenvalue weighted by Gasteiger charge is -2.09. The van der Waals surface area contributed by atoms with Crippen LogP contribution in [0.25, 0.3) is 11.0 Å². The molecule has 6 heteroatoms. The van der Waals surface area contributed by atoms with Crippen LogP contribution in [0.2, 0.25) is 0 Å². The molecule has 0 N–H and O–H groups in total. The molecule has 0 unspecified atom stereocenters. The van der Waals surface area contributed by atoms with Crippen molar-refractivity contribution < 1.29 is 9.13 Å². The molecule has 1 heterocycles. The normalized spacial score (nSPS) is 11.4. The Balaban J connectivity index is 2.32. The number of nitrogens with zero attached hydrogens (tertiary/aromatic N) is 2. The molecule has 2 aromatic rings. The van der Waals surface area contributed by atoms with Crippen LogP contribution in [0, 0.1) is 5.82 Å². The van der Waals surface area contributed by atoms with Gasteiger partial charge in [-0.3, -0.25) is 0 Å². The van der Waals surface area contributed by atoms with E-state index in [-0.39, 0.29) is 5.82 Å². The second-order valence-corrected chi connectivity index (χ2v) is 5.66. The van der Waals surface area contributed by atoms with E-state index in [9.17, 15) is 4.39 Å². The van der Waals surface area contributed by atoms with E-state index in [2.05, 4.69) is 25.5 Å². The Morgan fingerprint density at radius 1 is 1.45 bits per heavy atom. The quantitative estimate of drug-likeness (QED) is 0.546. The van der Waals surface area contributed by atoms with E-state index in [0.29, 0.717) is 28.9 Å². The summed E-state index contributed by atoms with van der Waals surface area (Å²) in [7, 11) is 0. The molecule has 110 valence electrons. The van der Waals surface area contributed by atoms with Gasteiger partial charge < -0.3 is 9.30 Å². The number of aromatic nitrogens is 2. The van der Waals surface area contributed by atoms with Crippen molar-refractivity contribution in [2.45, 2.75) is 26.3 Å². The molecule has 0 amide bonds. The zero-order chi connectivity index (χ0) is 14.5. The molecule has 3 nitrogen and oxygen atoms in total. The fraction of sp³-hybridized carbons (Fsp3) is 0.500. The molecule has 0 aliphatic carbocycles. The van der Waals surface area contributed by atoms with Gasteiger partial charge in [-0.05, 0) is 35.3 Å². The van der Waals surface area contributed by atoms with E-state index in [4.69, 9.17) is 16.3 Å². The first-order valence-corrected chi connectivity index (χ1v) is 7.98. The maximum absolute atomic E-state index is 13.6. The third-order valence-electron chi connectivity index (χ3n) is 3.06. The van der Waals surface area contributed by atoms with Crippen molar-refractivity contribution in [2.75, 3.05) is 19.1 Å². The lowest BCUT2D eigenvalue weighted by molar-refractivity contribution is 0.141. The third kappa shape index (κ3) is 3.51. The molecule has 0 bridgehead atoms. The van der Waals surface area contributed by atoms with Gasteiger partial charge in [0.1, 0.15) is 11.6 Å². The molecule has 1 aromatic heterocycles. The van der Waals surface area contributed by atoms with E-state index in [1.165, 1.54) is 6.07 Å². The summed E-state index contributed by atoms with van der Waals surface area (Å²) < 4.78 is 21.5. The van der Waals surface area contributed by atoms with E-state index < -0.39 is 0 Å². The number of halogens is 3. The van der Waals surface area contributed by atoms with Crippen molar-refractivity contribution in [1.29, 1.82) is 0 Å². The molecule has 0 fully saturated rings. The van der Waals surface area contributed by atoms with Gasteiger partial charge in [0.25, 0.3) is 0 Å². The second-order valence-electron chi connectivity index (χ2n) is 4.42. The Morgan fingerprint density at radius 2 is 2.25 bits per heavy atom. The number of aryl methyl sites for hydroxylation is 2. The highest BCUT2D eigenvalue weighted by Gasteiger charge is 2.13. The molecular weight excluding hydrogens is 347 g/mol. The van der Waals surface area contributed by atoms with E-state index in [1.807, 2.05) is 6.92 Å². The molecule has 1 aromatic carbocycles. The van der Waals surface area contributed by atoms with Crippen molar-refractivity contribution in [2.24, 2.45) is 0 Å². The van der Waals surface area contributed by atoms with Gasteiger partial charge in [0, 0.05) is 38.1 Å². The average Bonchev–Trinajstić information content (AvgIpc) is 2.73. The molecule has 0 spiro atoms. The van der Waals surface area contributed by atoms with E-state index >= 15 is 0 Å². The van der Waals surface area contributed by atoms with Gasteiger partial charge in [0.05, 0.1) is 15.5 Å². The molecule has 0 saturated heterocycles. The minimum Gasteiger partial charge on any atom is -0.382 e. The maximum atomic E-state index is 13.6. The summed E-state index contributed by atoms with van der Waals surface area (Å²) in [5.41, 5.74) is 1.59. The summed E-state index contributed by atoms with van der Waals surface area (Å²) in [5.74, 6) is 1.09. The highest BCUT2D eigenvalue weighted by atomic mass is 79.9. The number of rotatable bonds is 7. The summed E-state index contributed by atoms with van der Waals surface area (Å²) in [6.45, 7) is 4.20. The molecule has 2 rings (SSSR count). The van der Waals surface area contributed by atoms with Crippen LogP contribution in [0.1, 0.15) is 19.2 Å². The SMILES string of the molecule is CCOCCCn1c(CCCl)nc2cc(F)c(Br)cc21. The molecule has 20 heavy (non-hydrogen) atoms. The lowest BCUT2D eigenvalue weighted by Crippen LogP contribution is -2.07. The topological polar surface area (TPSA) is 27.1 Å². The minimum atomic E-state index is -0.297. The molecular formula is C14H17BrClFN2O. The second kappa shape index (κ2) is 7.38. The Hall–Kier alpha value is -0.650. The minimum absolute atomic E-state index is 0.297.